The summed E-state index contributed by atoms with van der Waals surface area (Å²) in [6, 6.07) is 37.3. The molecule has 0 fully saturated rings. The molecule has 0 atom stereocenters. The molecule has 1 aliphatic heterocycles. The van der Waals surface area contributed by atoms with Crippen molar-refractivity contribution in [2.24, 2.45) is 0 Å². The Hall–Kier alpha value is -6.27. The SMILES string of the molecule is O=c1c2ccccc2c2cc(-c3ccc4c(c3)S(=O)(=O)c3ccccc3-4)cc3c4cc(C5=CC=C(c6ccccc6[SH](=O)=O)C#CC5)ccc4n1c23. The maximum Gasteiger partial charge on any atom is 0.263 e. The van der Waals surface area contributed by atoms with Crippen LogP contribution in [0.15, 0.2) is 153 Å². The summed E-state index contributed by atoms with van der Waals surface area (Å²) in [6.07, 6.45) is 4.28. The molecule has 52 heavy (non-hydrogen) atoms. The Balaban J connectivity index is 1.20. The van der Waals surface area contributed by atoms with Gasteiger partial charge in [-0.25, -0.2) is 16.8 Å². The highest BCUT2D eigenvalue weighted by molar-refractivity contribution is 7.92. The van der Waals surface area contributed by atoms with Crippen molar-refractivity contribution >= 4 is 69.7 Å². The Labute approximate surface area is 299 Å². The van der Waals surface area contributed by atoms with Gasteiger partial charge in [0.1, 0.15) is 0 Å². The third-order valence-electron chi connectivity index (χ3n) is 10.3. The van der Waals surface area contributed by atoms with Crippen LogP contribution in [0.5, 0.6) is 0 Å². The summed E-state index contributed by atoms with van der Waals surface area (Å²) in [5.74, 6) is 6.38. The molecule has 8 aromatic rings. The van der Waals surface area contributed by atoms with E-state index in [-0.39, 0.29) is 10.5 Å². The maximum absolute atomic E-state index is 14.1. The topological polar surface area (TPSA) is 89.8 Å². The number of fused-ring (bicyclic) bond motifs is 8. The summed E-state index contributed by atoms with van der Waals surface area (Å²) in [7, 11) is -6.46. The monoisotopic (exact) mass is 711 g/mol. The number of hydrogen-bond acceptors (Lipinski definition) is 5. The first-order chi connectivity index (χ1) is 25.3. The number of sulfone groups is 1. The Bertz CT molecular complexity index is 3290. The average molecular weight is 712 g/mol. The Morgan fingerprint density at radius 2 is 1.27 bits per heavy atom. The maximum atomic E-state index is 14.1. The van der Waals surface area contributed by atoms with Gasteiger partial charge in [-0.2, -0.15) is 0 Å². The summed E-state index contributed by atoms with van der Waals surface area (Å²) in [5.41, 5.74) is 7.57. The third kappa shape index (κ3) is 4.33. The van der Waals surface area contributed by atoms with Crippen molar-refractivity contribution in [3.05, 3.63) is 155 Å². The van der Waals surface area contributed by atoms with E-state index in [0.717, 1.165) is 54.8 Å². The fourth-order valence-corrected chi connectivity index (χ4v) is 10.2. The largest absolute Gasteiger partial charge is 0.275 e. The molecule has 10 rings (SSSR count). The van der Waals surface area contributed by atoms with Crippen LogP contribution in [0.3, 0.4) is 0 Å². The van der Waals surface area contributed by atoms with Gasteiger partial charge >= 0.3 is 0 Å². The standard InChI is InChI=1S/C44H25NO5S2/c46-44-35-13-2-1-11-32(35)37-23-30(29-18-20-34-33-12-4-6-15-41(33)52(49,50)42(34)25-29)24-38-36-22-28(19-21-39(36)45(44)43(37)38)26-8-7-9-27(17-16-26)31-10-3-5-14-40(31)51(47)48/h1-6,10-25,51H,8H2. The van der Waals surface area contributed by atoms with Gasteiger partial charge in [0.2, 0.25) is 9.84 Å². The lowest BCUT2D eigenvalue weighted by Gasteiger charge is -2.10. The second-order valence-electron chi connectivity index (χ2n) is 13.1. The van der Waals surface area contributed by atoms with Gasteiger partial charge in [-0.3, -0.25) is 9.20 Å². The summed E-state index contributed by atoms with van der Waals surface area (Å²) in [6.45, 7) is 0. The average Bonchev–Trinajstić information content (AvgIpc) is 3.46. The van der Waals surface area contributed by atoms with Crippen LogP contribution >= 0.6 is 0 Å². The molecule has 6 aromatic carbocycles. The number of pyridine rings is 1. The molecular formula is C44H25NO5S2. The first-order valence-corrected chi connectivity index (χ1v) is 19.3. The van der Waals surface area contributed by atoms with E-state index in [2.05, 4.69) is 30.0 Å². The van der Waals surface area contributed by atoms with Crippen LogP contribution in [-0.2, 0) is 20.5 Å². The summed E-state index contributed by atoms with van der Waals surface area (Å²) < 4.78 is 53.0. The summed E-state index contributed by atoms with van der Waals surface area (Å²) in [5, 5.41) is 4.09. The molecule has 0 unspecified atom stereocenters. The number of rotatable bonds is 4. The normalized spacial score (nSPS) is 14.6. The lowest BCUT2D eigenvalue weighted by molar-refractivity contribution is 0.598. The Morgan fingerprint density at radius 1 is 0.596 bits per heavy atom. The van der Waals surface area contributed by atoms with E-state index in [4.69, 9.17) is 0 Å². The van der Waals surface area contributed by atoms with E-state index < -0.39 is 20.5 Å². The fraction of sp³-hybridized carbons (Fsp3) is 0.0227. The third-order valence-corrected chi connectivity index (χ3v) is 12.9. The van der Waals surface area contributed by atoms with Gasteiger partial charge in [0, 0.05) is 50.2 Å². The summed E-state index contributed by atoms with van der Waals surface area (Å²) >= 11 is 0. The van der Waals surface area contributed by atoms with Crippen molar-refractivity contribution in [1.29, 1.82) is 0 Å². The van der Waals surface area contributed by atoms with Crippen molar-refractivity contribution in [2.45, 2.75) is 21.1 Å². The molecule has 0 radical (unpaired) electrons. The molecule has 0 N–H and O–H groups in total. The van der Waals surface area contributed by atoms with E-state index in [1.807, 2.05) is 72.8 Å². The molecule has 8 heteroatoms. The van der Waals surface area contributed by atoms with Gasteiger partial charge in [0.15, 0.2) is 10.7 Å². The molecule has 0 bridgehead atoms. The van der Waals surface area contributed by atoms with Crippen LogP contribution in [0.1, 0.15) is 17.5 Å². The van der Waals surface area contributed by atoms with Crippen molar-refractivity contribution in [2.75, 3.05) is 0 Å². The van der Waals surface area contributed by atoms with E-state index in [1.54, 1.807) is 46.9 Å². The highest BCUT2D eigenvalue weighted by Gasteiger charge is 2.33. The van der Waals surface area contributed by atoms with Gasteiger partial charge < -0.3 is 0 Å². The molecule has 2 aliphatic rings. The van der Waals surface area contributed by atoms with E-state index in [1.165, 1.54) is 0 Å². The predicted octanol–water partition coefficient (Wildman–Crippen LogP) is 8.52. The molecular weight excluding hydrogens is 687 g/mol. The second kappa shape index (κ2) is 11.1. The number of aromatic nitrogens is 1. The second-order valence-corrected chi connectivity index (χ2v) is 16.0. The molecule has 3 heterocycles. The molecule has 2 aromatic heterocycles. The van der Waals surface area contributed by atoms with Crippen molar-refractivity contribution in [1.82, 2.24) is 4.40 Å². The predicted molar refractivity (Wildman–Crippen MR) is 207 cm³/mol. The van der Waals surface area contributed by atoms with Crippen LogP contribution in [0.25, 0.3) is 71.4 Å². The first kappa shape index (κ1) is 30.5. The highest BCUT2D eigenvalue weighted by atomic mass is 32.2. The smallest absolute Gasteiger partial charge is 0.263 e. The zero-order valence-electron chi connectivity index (χ0n) is 27.3. The quantitative estimate of drug-likeness (QED) is 0.112. The number of hydrogen-bond donors (Lipinski definition) is 1. The molecule has 0 amide bonds. The van der Waals surface area contributed by atoms with E-state index in [9.17, 15) is 21.6 Å². The van der Waals surface area contributed by atoms with Crippen LogP contribution in [0, 0.1) is 11.8 Å². The van der Waals surface area contributed by atoms with Crippen LogP contribution in [0.2, 0.25) is 0 Å². The molecule has 1 aliphatic carbocycles. The minimum atomic E-state index is -3.68. The van der Waals surface area contributed by atoms with E-state index in [0.29, 0.717) is 43.9 Å². The van der Waals surface area contributed by atoms with Gasteiger partial charge in [-0.05, 0) is 82.3 Å². The number of allylic oxidation sites excluding steroid dienone is 4. The Morgan fingerprint density at radius 3 is 2.10 bits per heavy atom. The van der Waals surface area contributed by atoms with Crippen molar-refractivity contribution < 1.29 is 16.8 Å². The molecule has 0 saturated heterocycles. The summed E-state index contributed by atoms with van der Waals surface area (Å²) in [4.78, 5) is 15.0. The Kier molecular flexibility index (Phi) is 6.53. The van der Waals surface area contributed by atoms with Gasteiger partial charge in [0.05, 0.1) is 25.7 Å². The lowest BCUT2D eigenvalue weighted by Crippen LogP contribution is -2.12. The fourth-order valence-electron chi connectivity index (χ4n) is 7.88. The lowest BCUT2D eigenvalue weighted by atomic mass is 9.95. The minimum Gasteiger partial charge on any atom is -0.275 e. The van der Waals surface area contributed by atoms with Crippen molar-refractivity contribution in [3.63, 3.8) is 0 Å². The first-order valence-electron chi connectivity index (χ1n) is 16.7. The van der Waals surface area contributed by atoms with Crippen LogP contribution in [0.4, 0.5) is 0 Å². The van der Waals surface area contributed by atoms with E-state index >= 15 is 0 Å². The van der Waals surface area contributed by atoms with Gasteiger partial charge in [0.25, 0.3) is 5.56 Å². The minimum absolute atomic E-state index is 0.104. The highest BCUT2D eigenvalue weighted by Crippen LogP contribution is 2.45. The van der Waals surface area contributed by atoms with Crippen molar-refractivity contribution in [3.8, 4) is 34.1 Å². The van der Waals surface area contributed by atoms with Crippen LogP contribution in [-0.4, -0.2) is 21.2 Å². The van der Waals surface area contributed by atoms with Gasteiger partial charge in [-0.1, -0.05) is 90.7 Å². The molecule has 248 valence electrons. The number of thiol groups is 1. The number of nitrogens with zero attached hydrogens (tertiary/aromatic N) is 1. The molecule has 0 saturated carbocycles. The molecule has 0 spiro atoms. The van der Waals surface area contributed by atoms with Gasteiger partial charge in [-0.15, -0.1) is 0 Å². The molecule has 6 nitrogen and oxygen atoms in total. The zero-order valence-corrected chi connectivity index (χ0v) is 29.0. The number of benzene rings is 6. The van der Waals surface area contributed by atoms with Crippen LogP contribution < -0.4 is 5.56 Å². The zero-order chi connectivity index (χ0) is 35.3.